The number of hydrogen-bond donors (Lipinski definition) is 2. The molecule has 2 saturated heterocycles. The number of phenols is 1. The van der Waals surface area contributed by atoms with Gasteiger partial charge in [-0.25, -0.2) is 9.97 Å². The van der Waals surface area contributed by atoms with Crippen LogP contribution in [0.3, 0.4) is 0 Å². The number of piperidine rings is 2. The molecule has 4 heterocycles. The lowest BCUT2D eigenvalue weighted by atomic mass is 9.69. The van der Waals surface area contributed by atoms with Crippen LogP contribution in [0.1, 0.15) is 46.0 Å². The Balaban J connectivity index is 1.35. The summed E-state index contributed by atoms with van der Waals surface area (Å²) in [6.45, 7) is 4.68. The second-order valence-electron chi connectivity index (χ2n) is 9.89. The van der Waals surface area contributed by atoms with E-state index in [1.807, 2.05) is 6.07 Å². The molecule has 3 aromatic rings. The molecule has 2 N–H and O–H groups in total. The van der Waals surface area contributed by atoms with Crippen LogP contribution >= 0.6 is 0 Å². The van der Waals surface area contributed by atoms with Crippen molar-refractivity contribution in [2.75, 3.05) is 11.9 Å². The van der Waals surface area contributed by atoms with Crippen molar-refractivity contribution < 1.29 is 5.11 Å². The summed E-state index contributed by atoms with van der Waals surface area (Å²) >= 11 is 0. The van der Waals surface area contributed by atoms with Crippen LogP contribution < -0.4 is 10.2 Å². The second-order valence-corrected chi connectivity index (χ2v) is 9.89. The van der Waals surface area contributed by atoms with Crippen LogP contribution in [0.5, 0.6) is 5.75 Å². The van der Waals surface area contributed by atoms with E-state index >= 15 is 0 Å². The van der Waals surface area contributed by atoms with Crippen molar-refractivity contribution in [1.82, 2.24) is 35.3 Å². The third-order valence-corrected chi connectivity index (χ3v) is 6.99. The zero-order valence-electron chi connectivity index (χ0n) is 19.1. The third kappa shape index (κ3) is 3.81. The molecule has 2 fully saturated rings. The van der Waals surface area contributed by atoms with Gasteiger partial charge in [0.2, 0.25) is 0 Å². The first-order chi connectivity index (χ1) is 15.2. The van der Waals surface area contributed by atoms with Crippen LogP contribution in [0.25, 0.3) is 22.8 Å². The molecule has 1 aromatic carbocycles. The van der Waals surface area contributed by atoms with Crippen LogP contribution in [0.15, 0.2) is 30.7 Å². The van der Waals surface area contributed by atoms with Gasteiger partial charge in [0.1, 0.15) is 12.1 Å². The van der Waals surface area contributed by atoms with Gasteiger partial charge in [-0.2, -0.15) is 5.10 Å². The number of aromatic hydroxyl groups is 1. The van der Waals surface area contributed by atoms with Gasteiger partial charge >= 0.3 is 0 Å². The molecule has 0 saturated carbocycles. The zero-order chi connectivity index (χ0) is 22.5. The van der Waals surface area contributed by atoms with Gasteiger partial charge in [-0.05, 0) is 58.1 Å². The molecule has 2 aliphatic rings. The highest BCUT2D eigenvalue weighted by molar-refractivity contribution is 5.70. The highest BCUT2D eigenvalue weighted by Crippen LogP contribution is 2.41. The molecule has 168 valence electrons. The lowest BCUT2D eigenvalue weighted by Crippen LogP contribution is -2.66. The van der Waals surface area contributed by atoms with Crippen molar-refractivity contribution >= 4 is 5.82 Å². The van der Waals surface area contributed by atoms with E-state index in [-0.39, 0.29) is 16.8 Å². The summed E-state index contributed by atoms with van der Waals surface area (Å²) in [4.78, 5) is 10.9. The lowest BCUT2D eigenvalue weighted by molar-refractivity contribution is 0.0784. The quantitative estimate of drug-likeness (QED) is 0.646. The molecule has 5 rings (SSSR count). The second kappa shape index (κ2) is 7.51. The van der Waals surface area contributed by atoms with E-state index in [0.29, 0.717) is 23.3 Å². The van der Waals surface area contributed by atoms with Crippen LogP contribution in [-0.2, 0) is 7.05 Å². The Labute approximate surface area is 187 Å². The molecular weight excluding hydrogens is 404 g/mol. The summed E-state index contributed by atoms with van der Waals surface area (Å²) in [7, 11) is 3.88. The van der Waals surface area contributed by atoms with Crippen molar-refractivity contribution in [3.8, 4) is 28.5 Å². The molecule has 9 heteroatoms. The molecule has 2 aromatic heterocycles. The van der Waals surface area contributed by atoms with Crippen LogP contribution in [0, 0.1) is 0 Å². The van der Waals surface area contributed by atoms with Gasteiger partial charge in [0, 0.05) is 36.8 Å². The molecule has 3 atom stereocenters. The molecule has 2 aliphatic heterocycles. The van der Waals surface area contributed by atoms with Crippen LogP contribution in [0.4, 0.5) is 5.82 Å². The summed E-state index contributed by atoms with van der Waals surface area (Å²) in [5, 5.41) is 27.5. The molecular formula is C23H30N8O. The maximum absolute atomic E-state index is 10.6. The van der Waals surface area contributed by atoms with Gasteiger partial charge in [0.15, 0.2) is 17.5 Å². The van der Waals surface area contributed by atoms with E-state index in [2.05, 4.69) is 56.4 Å². The minimum atomic E-state index is 0.0740. The highest BCUT2D eigenvalue weighted by atomic mass is 16.3. The van der Waals surface area contributed by atoms with E-state index < -0.39 is 0 Å². The molecule has 0 amide bonds. The standard InChI is InChI=1S/C23H30N8O/c1-22-8-5-9-23(2,29-22)12-16(11-22)31(4)19-13-24-21(27-26-19)17-7-6-15(10-18(17)32)20-25-14-30(3)28-20/h6-7,10,13-14,16,29,32H,5,8-9,11-12H2,1-4H3/t16-,22-,23+. The fraction of sp³-hybridized carbons (Fsp3) is 0.522. The van der Waals surface area contributed by atoms with Crippen molar-refractivity contribution in [2.24, 2.45) is 7.05 Å². The molecule has 2 bridgehead atoms. The zero-order valence-corrected chi connectivity index (χ0v) is 19.1. The molecule has 0 aliphatic carbocycles. The average Bonchev–Trinajstić information content (AvgIpc) is 3.18. The van der Waals surface area contributed by atoms with Gasteiger partial charge < -0.3 is 15.3 Å². The Hall–Kier alpha value is -3.07. The van der Waals surface area contributed by atoms with Crippen molar-refractivity contribution in [3.05, 3.63) is 30.7 Å². The Morgan fingerprint density at radius 1 is 1.09 bits per heavy atom. The fourth-order valence-electron chi connectivity index (χ4n) is 5.49. The van der Waals surface area contributed by atoms with Crippen LogP contribution in [-0.4, -0.2) is 59.2 Å². The van der Waals surface area contributed by atoms with Crippen LogP contribution in [0.2, 0.25) is 0 Å². The van der Waals surface area contributed by atoms with E-state index in [0.717, 1.165) is 24.2 Å². The lowest BCUT2D eigenvalue weighted by Gasteiger charge is -2.55. The van der Waals surface area contributed by atoms with Crippen molar-refractivity contribution in [1.29, 1.82) is 0 Å². The summed E-state index contributed by atoms with van der Waals surface area (Å²) in [5.74, 6) is 1.77. The number of fused-ring (bicyclic) bond motifs is 2. The fourth-order valence-corrected chi connectivity index (χ4v) is 5.49. The number of anilines is 1. The Bertz CT molecular complexity index is 1110. The molecule has 0 spiro atoms. The maximum Gasteiger partial charge on any atom is 0.185 e. The Kier molecular flexibility index (Phi) is 4.88. The molecule has 9 nitrogen and oxygen atoms in total. The van der Waals surface area contributed by atoms with E-state index in [1.54, 1.807) is 36.4 Å². The van der Waals surface area contributed by atoms with Gasteiger partial charge in [-0.15, -0.1) is 10.2 Å². The highest BCUT2D eigenvalue weighted by Gasteiger charge is 2.46. The number of benzene rings is 1. The first kappa shape index (κ1) is 20.8. The number of nitrogens with zero attached hydrogens (tertiary/aromatic N) is 7. The largest absolute Gasteiger partial charge is 0.507 e. The maximum atomic E-state index is 10.6. The third-order valence-electron chi connectivity index (χ3n) is 6.99. The SMILES string of the molecule is CN(c1cnc(-c2ccc(-c3ncn(C)n3)cc2O)nn1)[C@H]1C[C@]2(C)CCC[C@](C)(C1)N2. The van der Waals surface area contributed by atoms with E-state index in [1.165, 1.54) is 19.3 Å². The number of phenolic OH excluding ortho intramolecular Hbond substituents is 1. The summed E-state index contributed by atoms with van der Waals surface area (Å²) in [5.41, 5.74) is 1.60. The Morgan fingerprint density at radius 2 is 1.84 bits per heavy atom. The van der Waals surface area contributed by atoms with Crippen molar-refractivity contribution in [3.63, 3.8) is 0 Å². The number of aromatic nitrogens is 6. The minimum absolute atomic E-state index is 0.0740. The number of nitrogens with one attached hydrogen (secondary N) is 1. The smallest absolute Gasteiger partial charge is 0.185 e. The number of hydrogen-bond acceptors (Lipinski definition) is 8. The molecule has 0 radical (unpaired) electrons. The first-order valence-electron chi connectivity index (χ1n) is 11.1. The average molecular weight is 435 g/mol. The predicted octanol–water partition coefficient (Wildman–Crippen LogP) is 2.93. The summed E-state index contributed by atoms with van der Waals surface area (Å²) in [6, 6.07) is 5.63. The number of rotatable bonds is 4. The topological polar surface area (TPSA) is 105 Å². The first-order valence-corrected chi connectivity index (χ1v) is 11.1. The monoisotopic (exact) mass is 434 g/mol. The normalized spacial score (nSPS) is 27.3. The van der Waals surface area contributed by atoms with Gasteiger partial charge in [-0.1, -0.05) is 6.07 Å². The van der Waals surface area contributed by atoms with E-state index in [4.69, 9.17) is 0 Å². The van der Waals surface area contributed by atoms with Crippen molar-refractivity contribution in [2.45, 2.75) is 63.1 Å². The van der Waals surface area contributed by atoms with Gasteiger partial charge in [0.25, 0.3) is 0 Å². The van der Waals surface area contributed by atoms with Gasteiger partial charge in [-0.3, -0.25) is 4.68 Å². The Morgan fingerprint density at radius 3 is 2.44 bits per heavy atom. The van der Waals surface area contributed by atoms with E-state index in [9.17, 15) is 5.11 Å². The molecule has 0 unspecified atom stereocenters. The molecule has 32 heavy (non-hydrogen) atoms. The number of aryl methyl sites for hydroxylation is 1. The summed E-state index contributed by atoms with van der Waals surface area (Å²) < 4.78 is 1.62. The predicted molar refractivity (Wildman–Crippen MR) is 122 cm³/mol. The summed E-state index contributed by atoms with van der Waals surface area (Å²) in [6.07, 6.45) is 9.22. The minimum Gasteiger partial charge on any atom is -0.507 e. The van der Waals surface area contributed by atoms with Gasteiger partial charge in [0.05, 0.1) is 11.8 Å².